The van der Waals surface area contributed by atoms with Crippen molar-refractivity contribution in [3.05, 3.63) is 69.2 Å². The Morgan fingerprint density at radius 3 is 2.68 bits per heavy atom. The molecule has 7 nitrogen and oxygen atoms in total. The van der Waals surface area contributed by atoms with Crippen molar-refractivity contribution in [1.29, 1.82) is 0 Å². The number of hydrogen-bond donors (Lipinski definition) is 3. The summed E-state index contributed by atoms with van der Waals surface area (Å²) >= 11 is 5.34. The molecule has 0 aliphatic rings. The van der Waals surface area contributed by atoms with Crippen molar-refractivity contribution in [1.82, 2.24) is 14.9 Å². The van der Waals surface area contributed by atoms with Crippen molar-refractivity contribution in [3.63, 3.8) is 0 Å². The Bertz CT molecular complexity index is 1260. The fourth-order valence-corrected chi connectivity index (χ4v) is 3.92. The van der Waals surface area contributed by atoms with Gasteiger partial charge in [0.15, 0.2) is 4.77 Å². The van der Waals surface area contributed by atoms with E-state index in [-0.39, 0.29) is 23.3 Å². The molecule has 0 bridgehead atoms. The Morgan fingerprint density at radius 1 is 1.09 bits per heavy atom. The molecule has 2 aromatic carbocycles. The fourth-order valence-electron chi connectivity index (χ4n) is 3.63. The third-order valence-electron chi connectivity index (χ3n) is 5.92. The van der Waals surface area contributed by atoms with Gasteiger partial charge in [0.1, 0.15) is 0 Å². The number of benzene rings is 2. The van der Waals surface area contributed by atoms with Gasteiger partial charge in [-0.25, -0.2) is 0 Å². The molecule has 1 atom stereocenters. The van der Waals surface area contributed by atoms with Crippen molar-refractivity contribution < 1.29 is 9.59 Å². The molecule has 34 heavy (non-hydrogen) atoms. The molecule has 180 valence electrons. The van der Waals surface area contributed by atoms with Crippen molar-refractivity contribution in [3.8, 4) is 0 Å². The van der Waals surface area contributed by atoms with Crippen LogP contribution in [0, 0.1) is 10.7 Å². The van der Waals surface area contributed by atoms with Gasteiger partial charge >= 0.3 is 0 Å². The first-order chi connectivity index (χ1) is 16.4. The van der Waals surface area contributed by atoms with E-state index in [4.69, 9.17) is 12.2 Å². The smallest absolute Gasteiger partial charge is 0.262 e. The van der Waals surface area contributed by atoms with Crippen LogP contribution in [-0.4, -0.2) is 21.4 Å². The van der Waals surface area contributed by atoms with E-state index in [1.807, 2.05) is 56.3 Å². The molecule has 0 aliphatic heterocycles. The summed E-state index contributed by atoms with van der Waals surface area (Å²) in [7, 11) is 0. The zero-order valence-corrected chi connectivity index (χ0v) is 20.5. The van der Waals surface area contributed by atoms with E-state index in [9.17, 15) is 14.4 Å². The van der Waals surface area contributed by atoms with E-state index in [0.29, 0.717) is 29.7 Å². The molecule has 3 rings (SSSR count). The molecule has 3 N–H and O–H groups in total. The van der Waals surface area contributed by atoms with E-state index in [1.165, 1.54) is 0 Å². The van der Waals surface area contributed by atoms with Crippen LogP contribution in [0.3, 0.4) is 0 Å². The lowest BCUT2D eigenvalue weighted by molar-refractivity contribution is -0.121. The van der Waals surface area contributed by atoms with Crippen molar-refractivity contribution in [2.45, 2.75) is 59.0 Å². The zero-order chi connectivity index (χ0) is 24.5. The number of aromatic nitrogens is 2. The SMILES string of the molecule is CCC(C)C(=O)Nc1cccc(CNC(=O)CCCCCn2c(=S)[nH]c3ccccc3c2=O)c1. The van der Waals surface area contributed by atoms with Gasteiger partial charge in [0.2, 0.25) is 11.8 Å². The second-order valence-corrected chi connectivity index (χ2v) is 8.91. The van der Waals surface area contributed by atoms with Gasteiger partial charge in [0, 0.05) is 31.1 Å². The average Bonchev–Trinajstić information content (AvgIpc) is 2.84. The van der Waals surface area contributed by atoms with Crippen LogP contribution in [0.25, 0.3) is 10.9 Å². The van der Waals surface area contributed by atoms with E-state index in [1.54, 1.807) is 10.6 Å². The molecule has 0 saturated heterocycles. The number of para-hydroxylation sites is 1. The first-order valence-corrected chi connectivity index (χ1v) is 12.2. The topological polar surface area (TPSA) is 96.0 Å². The molecule has 0 saturated carbocycles. The predicted molar refractivity (Wildman–Crippen MR) is 138 cm³/mol. The van der Waals surface area contributed by atoms with Gasteiger partial charge in [0.25, 0.3) is 5.56 Å². The lowest BCUT2D eigenvalue weighted by Crippen LogP contribution is -2.23. The second kappa shape index (κ2) is 12.3. The summed E-state index contributed by atoms with van der Waals surface area (Å²) in [6.07, 6.45) is 3.52. The average molecular weight is 481 g/mol. The van der Waals surface area contributed by atoms with E-state index in [0.717, 1.165) is 42.5 Å². The van der Waals surface area contributed by atoms with Crippen LogP contribution in [-0.2, 0) is 22.7 Å². The van der Waals surface area contributed by atoms with Crippen molar-refractivity contribution in [2.24, 2.45) is 5.92 Å². The van der Waals surface area contributed by atoms with E-state index >= 15 is 0 Å². The quantitative estimate of drug-likeness (QED) is 0.268. The van der Waals surface area contributed by atoms with Gasteiger partial charge in [-0.15, -0.1) is 0 Å². The second-order valence-electron chi connectivity index (χ2n) is 8.52. The lowest BCUT2D eigenvalue weighted by atomic mass is 10.1. The van der Waals surface area contributed by atoms with Crippen molar-refractivity contribution >= 4 is 40.6 Å². The van der Waals surface area contributed by atoms with Gasteiger partial charge in [-0.05, 0) is 61.3 Å². The number of H-pyrrole nitrogens is 1. The minimum atomic E-state index is -0.0836. The highest BCUT2D eigenvalue weighted by Crippen LogP contribution is 2.13. The van der Waals surface area contributed by atoms with Crippen LogP contribution in [0.5, 0.6) is 0 Å². The zero-order valence-electron chi connectivity index (χ0n) is 19.7. The summed E-state index contributed by atoms with van der Waals surface area (Å²) in [5.41, 5.74) is 2.33. The number of unbranched alkanes of at least 4 members (excludes halogenated alkanes) is 2. The normalized spacial score (nSPS) is 11.8. The Labute approximate surface area is 204 Å². The van der Waals surface area contributed by atoms with Crippen molar-refractivity contribution in [2.75, 3.05) is 5.32 Å². The maximum Gasteiger partial charge on any atom is 0.262 e. The number of hydrogen-bond acceptors (Lipinski definition) is 4. The largest absolute Gasteiger partial charge is 0.352 e. The number of aromatic amines is 1. The molecule has 0 spiro atoms. The highest BCUT2D eigenvalue weighted by atomic mass is 32.1. The minimum Gasteiger partial charge on any atom is -0.352 e. The molecule has 1 heterocycles. The number of rotatable bonds is 11. The minimum absolute atomic E-state index is 0.00399. The lowest BCUT2D eigenvalue weighted by Gasteiger charge is -2.11. The molecule has 1 unspecified atom stereocenters. The van der Waals surface area contributed by atoms with Gasteiger partial charge < -0.3 is 15.6 Å². The summed E-state index contributed by atoms with van der Waals surface area (Å²) in [6, 6.07) is 14.8. The third kappa shape index (κ3) is 6.87. The van der Waals surface area contributed by atoms with Gasteiger partial charge in [-0.1, -0.05) is 44.5 Å². The maximum atomic E-state index is 12.7. The first-order valence-electron chi connectivity index (χ1n) is 11.8. The number of amides is 2. The molecular formula is C26H32N4O3S. The standard InChI is InChI=1S/C26H32N4O3S/c1-3-18(2)24(32)28-20-11-9-10-19(16-20)17-27-23(31)14-5-4-8-15-30-25(33)21-12-6-7-13-22(21)29-26(30)34/h6-7,9-13,16,18H,3-5,8,14-15,17H2,1-2H3,(H,27,31)(H,28,32)(H,29,34). The molecular weight excluding hydrogens is 448 g/mol. The highest BCUT2D eigenvalue weighted by molar-refractivity contribution is 7.71. The first kappa shape index (κ1) is 25.4. The number of nitrogens with one attached hydrogen (secondary N) is 3. The van der Waals surface area contributed by atoms with Crippen LogP contribution in [0.15, 0.2) is 53.3 Å². The molecule has 8 heteroatoms. The van der Waals surface area contributed by atoms with E-state index < -0.39 is 0 Å². The molecule has 0 fully saturated rings. The number of fused-ring (bicyclic) bond motifs is 1. The number of nitrogens with zero attached hydrogens (tertiary/aromatic N) is 1. The highest BCUT2D eigenvalue weighted by Gasteiger charge is 2.11. The van der Waals surface area contributed by atoms with Crippen LogP contribution in [0.2, 0.25) is 0 Å². The van der Waals surface area contributed by atoms with Crippen LogP contribution in [0.4, 0.5) is 5.69 Å². The summed E-state index contributed by atoms with van der Waals surface area (Å²) in [6.45, 7) is 4.81. The molecule has 3 aromatic rings. The molecule has 0 radical (unpaired) electrons. The molecule has 1 aromatic heterocycles. The Morgan fingerprint density at radius 2 is 1.88 bits per heavy atom. The summed E-state index contributed by atoms with van der Waals surface area (Å²) in [4.78, 5) is 40.1. The predicted octanol–water partition coefficient (Wildman–Crippen LogP) is 4.92. The third-order valence-corrected chi connectivity index (χ3v) is 6.24. The summed E-state index contributed by atoms with van der Waals surface area (Å²) < 4.78 is 2.01. The summed E-state index contributed by atoms with van der Waals surface area (Å²) in [5, 5.41) is 6.47. The molecule has 0 aliphatic carbocycles. The monoisotopic (exact) mass is 480 g/mol. The Kier molecular flexibility index (Phi) is 9.16. The van der Waals surface area contributed by atoms with Crippen LogP contribution in [0.1, 0.15) is 51.5 Å². The van der Waals surface area contributed by atoms with Gasteiger partial charge in [-0.3, -0.25) is 19.0 Å². The number of carbonyl (C=O) groups excluding carboxylic acids is 2. The fraction of sp³-hybridized carbons (Fsp3) is 0.385. The number of carbonyl (C=O) groups is 2. The maximum absolute atomic E-state index is 12.7. The number of anilines is 1. The van der Waals surface area contributed by atoms with Crippen LogP contribution >= 0.6 is 12.2 Å². The van der Waals surface area contributed by atoms with Gasteiger partial charge in [0.05, 0.1) is 10.9 Å². The van der Waals surface area contributed by atoms with E-state index in [2.05, 4.69) is 15.6 Å². The Balaban J connectivity index is 1.41. The Hall–Kier alpha value is -3.26. The van der Waals surface area contributed by atoms with Crippen LogP contribution < -0.4 is 16.2 Å². The summed E-state index contributed by atoms with van der Waals surface area (Å²) in [5.74, 6) is -0.0658. The molecule has 2 amide bonds. The van der Waals surface area contributed by atoms with Gasteiger partial charge in [-0.2, -0.15) is 0 Å².